The Kier molecular flexibility index (Phi) is 6.89. The van der Waals surface area contributed by atoms with Gasteiger partial charge in [-0.05, 0) is 45.7 Å². The van der Waals surface area contributed by atoms with E-state index >= 15 is 0 Å². The average Bonchev–Trinajstić information content (AvgIpc) is 2.63. The minimum absolute atomic E-state index is 0.721. The highest BCUT2D eigenvalue weighted by atomic mass is 32.2. The lowest BCUT2D eigenvalue weighted by Crippen LogP contribution is -2.47. The van der Waals surface area contributed by atoms with E-state index in [1.165, 1.54) is 70.5 Å². The quantitative estimate of drug-likeness (QED) is 0.579. The number of hydrogen-bond acceptors (Lipinski definition) is 6. The van der Waals surface area contributed by atoms with Gasteiger partial charge in [0.1, 0.15) is 0 Å². The Hall–Kier alpha value is -0.690. The number of rotatable bonds is 6. The first kappa shape index (κ1) is 18.1. The van der Waals surface area contributed by atoms with Crippen molar-refractivity contribution in [2.75, 3.05) is 52.6 Å². The number of likely N-dealkylation sites (N-methyl/N-ethyl adjacent to an activating group) is 1. The van der Waals surface area contributed by atoms with E-state index in [-0.39, 0.29) is 0 Å². The van der Waals surface area contributed by atoms with Gasteiger partial charge in [-0.15, -0.1) is 0 Å². The van der Waals surface area contributed by atoms with E-state index in [2.05, 4.69) is 31.7 Å². The molecule has 0 aliphatic carbocycles. The van der Waals surface area contributed by atoms with Crippen LogP contribution < -0.4 is 0 Å². The van der Waals surface area contributed by atoms with Crippen LogP contribution in [0.3, 0.4) is 0 Å². The second kappa shape index (κ2) is 9.13. The molecule has 0 unspecified atom stereocenters. The third-order valence-electron chi connectivity index (χ3n) is 5.37. The monoisotopic (exact) mass is 349 g/mol. The second-order valence-electron chi connectivity index (χ2n) is 7.13. The molecule has 1 atom stereocenters. The maximum absolute atomic E-state index is 4.43. The van der Waals surface area contributed by atoms with Crippen molar-refractivity contribution in [1.82, 2.24) is 24.7 Å². The van der Waals surface area contributed by atoms with Crippen LogP contribution in [0.5, 0.6) is 0 Å². The number of thioether (sulfide) groups is 1. The van der Waals surface area contributed by atoms with Crippen molar-refractivity contribution in [2.45, 2.75) is 43.4 Å². The van der Waals surface area contributed by atoms with E-state index in [4.69, 9.17) is 0 Å². The molecule has 2 aliphatic rings. The van der Waals surface area contributed by atoms with E-state index < -0.39 is 0 Å². The molecule has 24 heavy (non-hydrogen) atoms. The molecule has 0 spiro atoms. The van der Waals surface area contributed by atoms with Crippen LogP contribution in [0, 0.1) is 0 Å². The molecule has 0 bridgehead atoms. The van der Waals surface area contributed by atoms with Crippen LogP contribution in [0.4, 0.5) is 0 Å². The predicted octanol–water partition coefficient (Wildman–Crippen LogP) is 2.19. The van der Waals surface area contributed by atoms with Crippen LogP contribution in [0.1, 0.15) is 31.2 Å². The Morgan fingerprint density at radius 2 is 1.83 bits per heavy atom. The first-order chi connectivity index (χ1) is 11.7. The zero-order valence-corrected chi connectivity index (χ0v) is 16.0. The summed E-state index contributed by atoms with van der Waals surface area (Å²) in [5.74, 6) is 0. The summed E-state index contributed by atoms with van der Waals surface area (Å²) in [6.07, 6.45) is 11.4. The van der Waals surface area contributed by atoms with E-state index in [1.54, 1.807) is 11.8 Å². The highest BCUT2D eigenvalue weighted by Crippen LogP contribution is 2.22. The molecule has 0 aromatic carbocycles. The second-order valence-corrected chi connectivity index (χ2v) is 7.91. The Morgan fingerprint density at radius 3 is 2.54 bits per heavy atom. The van der Waals surface area contributed by atoms with E-state index in [0.29, 0.717) is 0 Å². The highest BCUT2D eigenvalue weighted by Gasteiger charge is 2.24. The zero-order valence-electron chi connectivity index (χ0n) is 15.2. The van der Waals surface area contributed by atoms with Crippen molar-refractivity contribution in [2.24, 2.45) is 0 Å². The van der Waals surface area contributed by atoms with Crippen LogP contribution in [-0.2, 0) is 6.54 Å². The standard InChI is InChI=1S/C18H31N5S/c1-21-9-11-22(12-10-21)8-6-17-5-3-4-7-23(17)15-16-13-19-18(24-2)20-14-16/h13-14,17H,3-12,15H2,1-2H3/t17-/m0/s1. The van der Waals surface area contributed by atoms with Crippen molar-refractivity contribution < 1.29 is 0 Å². The molecule has 5 nitrogen and oxygen atoms in total. The van der Waals surface area contributed by atoms with Crippen molar-refractivity contribution in [3.8, 4) is 0 Å². The maximum Gasteiger partial charge on any atom is 0.187 e. The summed E-state index contributed by atoms with van der Waals surface area (Å²) in [7, 11) is 2.23. The smallest absolute Gasteiger partial charge is 0.187 e. The molecule has 0 radical (unpaired) electrons. The lowest BCUT2D eigenvalue weighted by molar-refractivity contribution is 0.101. The molecule has 2 aliphatic heterocycles. The fourth-order valence-corrected chi connectivity index (χ4v) is 4.08. The summed E-state index contributed by atoms with van der Waals surface area (Å²) in [4.78, 5) is 16.6. The molecule has 3 heterocycles. The molecule has 1 aromatic rings. The third kappa shape index (κ3) is 5.15. The molecule has 2 fully saturated rings. The van der Waals surface area contributed by atoms with Gasteiger partial charge in [0.05, 0.1) is 0 Å². The van der Waals surface area contributed by atoms with Gasteiger partial charge in [0.25, 0.3) is 0 Å². The van der Waals surface area contributed by atoms with Crippen molar-refractivity contribution in [3.63, 3.8) is 0 Å². The Balaban J connectivity index is 1.50. The van der Waals surface area contributed by atoms with Crippen LogP contribution in [0.25, 0.3) is 0 Å². The summed E-state index contributed by atoms with van der Waals surface area (Å²) in [5.41, 5.74) is 1.25. The van der Waals surface area contributed by atoms with Gasteiger partial charge < -0.3 is 9.80 Å². The van der Waals surface area contributed by atoms with Gasteiger partial charge in [0, 0.05) is 56.7 Å². The van der Waals surface area contributed by atoms with Crippen LogP contribution in [0.2, 0.25) is 0 Å². The zero-order chi connectivity index (χ0) is 16.8. The molecular weight excluding hydrogens is 318 g/mol. The van der Waals surface area contributed by atoms with Gasteiger partial charge in [0.15, 0.2) is 5.16 Å². The number of aromatic nitrogens is 2. The highest BCUT2D eigenvalue weighted by molar-refractivity contribution is 7.98. The molecule has 134 valence electrons. The maximum atomic E-state index is 4.43. The SMILES string of the molecule is CSc1ncc(CN2CCCC[C@H]2CCN2CCN(C)CC2)cn1. The summed E-state index contributed by atoms with van der Waals surface area (Å²) in [6, 6.07) is 0.721. The van der Waals surface area contributed by atoms with Crippen LogP contribution >= 0.6 is 11.8 Å². The van der Waals surface area contributed by atoms with E-state index in [0.717, 1.165) is 17.7 Å². The topological polar surface area (TPSA) is 35.5 Å². The number of nitrogens with zero attached hydrogens (tertiary/aromatic N) is 5. The minimum atomic E-state index is 0.721. The fourth-order valence-electron chi connectivity index (χ4n) is 3.76. The van der Waals surface area contributed by atoms with Crippen molar-refractivity contribution in [1.29, 1.82) is 0 Å². The molecule has 0 saturated carbocycles. The lowest BCUT2D eigenvalue weighted by Gasteiger charge is -2.38. The summed E-state index contributed by atoms with van der Waals surface area (Å²) >= 11 is 1.60. The third-order valence-corrected chi connectivity index (χ3v) is 5.95. The Bertz CT molecular complexity index is 487. The average molecular weight is 350 g/mol. The van der Waals surface area contributed by atoms with Crippen molar-refractivity contribution >= 4 is 11.8 Å². The lowest BCUT2D eigenvalue weighted by atomic mass is 9.98. The molecule has 3 rings (SSSR count). The van der Waals surface area contributed by atoms with E-state index in [1.807, 2.05) is 18.6 Å². The van der Waals surface area contributed by atoms with Gasteiger partial charge in [0.2, 0.25) is 0 Å². The number of hydrogen-bond donors (Lipinski definition) is 0. The first-order valence-electron chi connectivity index (χ1n) is 9.24. The first-order valence-corrected chi connectivity index (χ1v) is 10.5. The molecular formula is C18H31N5S. The predicted molar refractivity (Wildman–Crippen MR) is 100 cm³/mol. The summed E-state index contributed by atoms with van der Waals surface area (Å²) < 4.78 is 0. The molecule has 1 aromatic heterocycles. The summed E-state index contributed by atoms with van der Waals surface area (Å²) in [5, 5.41) is 0.865. The largest absolute Gasteiger partial charge is 0.304 e. The molecule has 2 saturated heterocycles. The molecule has 0 amide bonds. The number of piperidine rings is 1. The normalized spacial score (nSPS) is 24.3. The molecule has 6 heteroatoms. The number of piperazine rings is 1. The minimum Gasteiger partial charge on any atom is -0.304 e. The van der Waals surface area contributed by atoms with Crippen LogP contribution in [-0.4, -0.2) is 83.3 Å². The fraction of sp³-hybridized carbons (Fsp3) is 0.778. The summed E-state index contributed by atoms with van der Waals surface area (Å²) in [6.45, 7) is 8.36. The van der Waals surface area contributed by atoms with E-state index in [9.17, 15) is 0 Å². The van der Waals surface area contributed by atoms with Gasteiger partial charge in [-0.3, -0.25) is 4.90 Å². The van der Waals surface area contributed by atoms with Gasteiger partial charge in [-0.2, -0.15) is 0 Å². The van der Waals surface area contributed by atoms with Gasteiger partial charge in [-0.1, -0.05) is 18.2 Å². The Morgan fingerprint density at radius 1 is 1.08 bits per heavy atom. The van der Waals surface area contributed by atoms with Gasteiger partial charge in [-0.25, -0.2) is 9.97 Å². The molecule has 0 N–H and O–H groups in total. The van der Waals surface area contributed by atoms with Crippen molar-refractivity contribution in [3.05, 3.63) is 18.0 Å². The number of likely N-dealkylation sites (tertiary alicyclic amines) is 1. The Labute approximate surface area is 150 Å². The van der Waals surface area contributed by atoms with Crippen LogP contribution in [0.15, 0.2) is 17.6 Å². The van der Waals surface area contributed by atoms with Gasteiger partial charge >= 0.3 is 0 Å².